The van der Waals surface area contributed by atoms with E-state index in [1.807, 2.05) is 97.7 Å². The quantitative estimate of drug-likeness (QED) is 0.226. The molecule has 8 heteroatoms. The molecular weight excluding hydrogens is 542 g/mol. The number of aromatic hydroxyl groups is 1. The van der Waals surface area contributed by atoms with Crippen molar-refractivity contribution in [1.29, 1.82) is 0 Å². The average molecular weight is 574 g/mol. The van der Waals surface area contributed by atoms with Crippen LogP contribution in [0.15, 0.2) is 105 Å². The number of hydrogen-bond acceptors (Lipinski definition) is 5. The average Bonchev–Trinajstić information content (AvgIpc) is 3.48. The Balaban J connectivity index is 1.58. The summed E-state index contributed by atoms with van der Waals surface area (Å²) in [6.07, 6.45) is 0. The van der Waals surface area contributed by atoms with E-state index in [9.17, 15) is 9.90 Å². The fourth-order valence-corrected chi connectivity index (χ4v) is 5.94. The van der Waals surface area contributed by atoms with Gasteiger partial charge in [-0.05, 0) is 68.5 Å². The van der Waals surface area contributed by atoms with E-state index in [2.05, 4.69) is 32.0 Å². The summed E-state index contributed by atoms with van der Waals surface area (Å²) in [5.74, 6) is 0.182. The standard InChI is InChI=1S/C34H31N5O2S/c1-21-15-16-26(19-22(21)2)30-20-42-34(35-31-24(4)37(5)39(33(31)41)27-12-7-6-8-13-27)38(30)36-23(3)28-18-17-25-11-9-10-14-29(25)32(28)40/h6-20,40H,1-5H3. The lowest BCUT2D eigenvalue weighted by Crippen LogP contribution is -2.20. The molecule has 0 aliphatic heterocycles. The van der Waals surface area contributed by atoms with Gasteiger partial charge in [-0.3, -0.25) is 9.48 Å². The molecule has 0 spiro atoms. The number of thiazole rings is 1. The zero-order chi connectivity index (χ0) is 29.5. The third-order valence-electron chi connectivity index (χ3n) is 7.76. The van der Waals surface area contributed by atoms with Gasteiger partial charge in [0.25, 0.3) is 5.56 Å². The van der Waals surface area contributed by atoms with Crippen molar-refractivity contribution in [3.8, 4) is 22.7 Å². The maximum atomic E-state index is 13.7. The molecule has 6 aromatic rings. The predicted octanol–water partition coefficient (Wildman–Crippen LogP) is 6.99. The van der Waals surface area contributed by atoms with Crippen LogP contribution in [0.4, 0.5) is 5.69 Å². The van der Waals surface area contributed by atoms with Crippen molar-refractivity contribution >= 4 is 33.5 Å². The van der Waals surface area contributed by atoms with Gasteiger partial charge >= 0.3 is 0 Å². The summed E-state index contributed by atoms with van der Waals surface area (Å²) in [5.41, 5.74) is 7.11. The van der Waals surface area contributed by atoms with E-state index >= 15 is 0 Å². The second kappa shape index (κ2) is 10.8. The van der Waals surface area contributed by atoms with Crippen LogP contribution < -0.4 is 10.4 Å². The van der Waals surface area contributed by atoms with E-state index in [1.165, 1.54) is 22.5 Å². The first-order valence-electron chi connectivity index (χ1n) is 13.7. The van der Waals surface area contributed by atoms with Crippen molar-refractivity contribution in [3.05, 3.63) is 128 Å². The Labute approximate surface area is 247 Å². The fraction of sp³-hybridized carbons (Fsp3) is 0.147. The van der Waals surface area contributed by atoms with Crippen LogP contribution in [0.2, 0.25) is 0 Å². The summed E-state index contributed by atoms with van der Waals surface area (Å²) in [5, 5.41) is 19.9. The van der Waals surface area contributed by atoms with Crippen LogP contribution in [0, 0.1) is 20.8 Å². The highest BCUT2D eigenvalue weighted by Gasteiger charge is 2.18. The van der Waals surface area contributed by atoms with E-state index in [0.717, 1.165) is 33.4 Å². The number of aromatic nitrogens is 3. The molecule has 2 aromatic heterocycles. The minimum absolute atomic E-state index is 0.182. The van der Waals surface area contributed by atoms with Crippen LogP contribution in [-0.2, 0) is 7.05 Å². The van der Waals surface area contributed by atoms with E-state index in [4.69, 9.17) is 10.1 Å². The molecule has 0 saturated heterocycles. The van der Waals surface area contributed by atoms with Crippen molar-refractivity contribution in [2.75, 3.05) is 0 Å². The Kier molecular flexibility index (Phi) is 7.00. The lowest BCUT2D eigenvalue weighted by atomic mass is 10.0. The molecule has 0 radical (unpaired) electrons. The molecule has 0 unspecified atom stereocenters. The smallest absolute Gasteiger partial charge is 0.297 e. The second-order valence-corrected chi connectivity index (χ2v) is 11.2. The molecule has 0 bridgehead atoms. The topological polar surface area (TPSA) is 76.8 Å². The van der Waals surface area contributed by atoms with E-state index in [-0.39, 0.29) is 11.3 Å². The number of fused-ring (bicyclic) bond motifs is 1. The highest BCUT2D eigenvalue weighted by Crippen LogP contribution is 2.30. The lowest BCUT2D eigenvalue weighted by molar-refractivity contribution is 0.480. The van der Waals surface area contributed by atoms with Crippen LogP contribution in [0.1, 0.15) is 29.3 Å². The number of rotatable bonds is 5. The summed E-state index contributed by atoms with van der Waals surface area (Å²) in [6, 6.07) is 27.4. The van der Waals surface area contributed by atoms with Crippen LogP contribution in [-0.4, -0.2) is 24.9 Å². The lowest BCUT2D eigenvalue weighted by Gasteiger charge is -2.10. The third kappa shape index (κ3) is 4.69. The highest BCUT2D eigenvalue weighted by molar-refractivity contribution is 7.07. The van der Waals surface area contributed by atoms with E-state index in [0.29, 0.717) is 21.8 Å². The number of hydrogen-bond donors (Lipinski definition) is 1. The van der Waals surface area contributed by atoms with Gasteiger partial charge in [-0.15, -0.1) is 11.3 Å². The molecule has 0 saturated carbocycles. The monoisotopic (exact) mass is 573 g/mol. The van der Waals surface area contributed by atoms with Gasteiger partial charge < -0.3 is 5.11 Å². The first-order chi connectivity index (χ1) is 20.2. The van der Waals surface area contributed by atoms with Crippen LogP contribution in [0.25, 0.3) is 27.7 Å². The Bertz CT molecular complexity index is 2130. The van der Waals surface area contributed by atoms with Crippen LogP contribution in [0.5, 0.6) is 5.75 Å². The molecule has 7 nitrogen and oxygen atoms in total. The zero-order valence-electron chi connectivity index (χ0n) is 24.2. The van der Waals surface area contributed by atoms with Gasteiger partial charge in [-0.1, -0.05) is 60.7 Å². The summed E-state index contributed by atoms with van der Waals surface area (Å²) in [4.78, 5) is 19.1. The van der Waals surface area contributed by atoms with Gasteiger partial charge in [-0.2, -0.15) is 5.10 Å². The van der Waals surface area contributed by atoms with Gasteiger partial charge in [0.05, 0.1) is 22.8 Å². The minimum Gasteiger partial charge on any atom is -0.507 e. The molecule has 0 aliphatic carbocycles. The van der Waals surface area contributed by atoms with E-state index in [1.54, 1.807) is 9.36 Å². The molecule has 0 fully saturated rings. The molecular formula is C34H31N5O2S. The van der Waals surface area contributed by atoms with Gasteiger partial charge in [0, 0.05) is 28.9 Å². The molecule has 42 heavy (non-hydrogen) atoms. The first kappa shape index (κ1) is 27.2. The molecule has 0 aliphatic rings. The van der Waals surface area contributed by atoms with E-state index < -0.39 is 0 Å². The van der Waals surface area contributed by atoms with Gasteiger partial charge in [0.15, 0.2) is 5.69 Å². The van der Waals surface area contributed by atoms with Gasteiger partial charge in [-0.25, -0.2) is 14.4 Å². The van der Waals surface area contributed by atoms with Gasteiger partial charge in [0.2, 0.25) is 4.80 Å². The normalized spacial score (nSPS) is 12.4. The molecule has 6 rings (SSSR count). The minimum atomic E-state index is -0.207. The van der Waals surface area contributed by atoms with Gasteiger partial charge in [0.1, 0.15) is 5.75 Å². The predicted molar refractivity (Wildman–Crippen MR) is 171 cm³/mol. The summed E-state index contributed by atoms with van der Waals surface area (Å²) in [6.45, 7) is 7.94. The largest absolute Gasteiger partial charge is 0.507 e. The first-order valence-corrected chi connectivity index (χ1v) is 14.6. The molecule has 4 aromatic carbocycles. The number of phenols is 1. The fourth-order valence-electron chi connectivity index (χ4n) is 5.10. The summed E-state index contributed by atoms with van der Waals surface area (Å²) in [7, 11) is 1.86. The Hall–Kier alpha value is -4.95. The molecule has 0 amide bonds. The van der Waals surface area contributed by atoms with Crippen LogP contribution >= 0.6 is 11.3 Å². The maximum Gasteiger partial charge on any atom is 0.297 e. The van der Waals surface area contributed by atoms with Crippen molar-refractivity contribution in [1.82, 2.24) is 14.0 Å². The maximum absolute atomic E-state index is 13.7. The summed E-state index contributed by atoms with van der Waals surface area (Å²) >= 11 is 1.42. The zero-order valence-corrected chi connectivity index (χ0v) is 25.0. The van der Waals surface area contributed by atoms with Crippen molar-refractivity contribution in [3.63, 3.8) is 0 Å². The Morgan fingerprint density at radius 1 is 0.881 bits per heavy atom. The third-order valence-corrected chi connectivity index (χ3v) is 8.58. The Morgan fingerprint density at radius 3 is 2.38 bits per heavy atom. The highest BCUT2D eigenvalue weighted by atomic mass is 32.1. The number of benzene rings is 4. The molecule has 0 atom stereocenters. The second-order valence-electron chi connectivity index (χ2n) is 10.4. The Morgan fingerprint density at radius 2 is 1.62 bits per heavy atom. The SMILES string of the molecule is CC(=Nn1c(-c2ccc(C)c(C)c2)csc1=Nc1c(C)n(C)n(-c2ccccc2)c1=O)c1ccc2ccccc2c1O. The number of para-hydroxylation sites is 1. The van der Waals surface area contributed by atoms with Crippen molar-refractivity contribution < 1.29 is 5.11 Å². The number of nitrogens with zero attached hydrogens (tertiary/aromatic N) is 5. The molecule has 1 N–H and O–H groups in total. The van der Waals surface area contributed by atoms with Crippen LogP contribution in [0.3, 0.4) is 0 Å². The number of aryl methyl sites for hydroxylation is 2. The number of phenolic OH excluding ortho intramolecular Hbond substituents is 1. The van der Waals surface area contributed by atoms with Crippen molar-refractivity contribution in [2.24, 2.45) is 17.1 Å². The molecule has 210 valence electrons. The summed E-state index contributed by atoms with van der Waals surface area (Å²) < 4.78 is 5.22. The van der Waals surface area contributed by atoms with Crippen molar-refractivity contribution in [2.45, 2.75) is 27.7 Å². The molecule has 2 heterocycles.